The predicted molar refractivity (Wildman–Crippen MR) is 62.2 cm³/mol. The van der Waals surface area contributed by atoms with Crippen LogP contribution in [0, 0.1) is 0 Å². The number of ether oxygens (including phenoxy) is 2. The number of rotatable bonds is 4. The molecule has 0 bridgehead atoms. The zero-order valence-electron chi connectivity index (χ0n) is 10.4. The minimum absolute atomic E-state index is 0.250. The zero-order valence-corrected chi connectivity index (χ0v) is 10.4. The lowest BCUT2D eigenvalue weighted by atomic mass is 10.1. The maximum absolute atomic E-state index is 11.2. The highest BCUT2D eigenvalue weighted by Gasteiger charge is 2.17. The fourth-order valence-electron chi connectivity index (χ4n) is 1.80. The van der Waals surface area contributed by atoms with E-state index in [-0.39, 0.29) is 5.97 Å². The molecule has 1 saturated heterocycles. The molecular formula is C12H21NO3. The monoisotopic (exact) mass is 227 g/mol. The first kappa shape index (κ1) is 13.2. The van der Waals surface area contributed by atoms with Crippen molar-refractivity contribution in [2.45, 2.75) is 25.8 Å². The number of carbonyl (C=O) groups is 1. The standard InChI is InChI=1S/C12H21NO3/c1-10(12(14)15-3)4-7-13(2)11-5-8-16-9-6-11/h4,11H,5-9H2,1-3H3. The van der Waals surface area contributed by atoms with E-state index in [9.17, 15) is 4.79 Å². The Bertz CT molecular complexity index is 257. The molecule has 0 aromatic heterocycles. The third-order valence-corrected chi connectivity index (χ3v) is 3.01. The third-order valence-electron chi connectivity index (χ3n) is 3.01. The van der Waals surface area contributed by atoms with Gasteiger partial charge in [0.25, 0.3) is 0 Å². The van der Waals surface area contributed by atoms with E-state index in [1.807, 2.05) is 6.08 Å². The molecule has 1 heterocycles. The molecule has 0 atom stereocenters. The number of nitrogens with zero attached hydrogens (tertiary/aromatic N) is 1. The SMILES string of the molecule is COC(=O)C(C)=CCN(C)C1CCOCC1. The minimum atomic E-state index is -0.250. The van der Waals surface area contributed by atoms with Gasteiger partial charge in [0, 0.05) is 31.4 Å². The molecule has 92 valence electrons. The molecule has 0 aromatic carbocycles. The quantitative estimate of drug-likeness (QED) is 0.534. The van der Waals surface area contributed by atoms with Crippen LogP contribution in [0.4, 0.5) is 0 Å². The molecule has 0 radical (unpaired) electrons. The summed E-state index contributed by atoms with van der Waals surface area (Å²) in [5, 5.41) is 0. The van der Waals surface area contributed by atoms with Gasteiger partial charge in [-0.3, -0.25) is 4.90 Å². The van der Waals surface area contributed by atoms with Gasteiger partial charge in [-0.25, -0.2) is 4.79 Å². The maximum Gasteiger partial charge on any atom is 0.333 e. The number of esters is 1. The lowest BCUT2D eigenvalue weighted by Gasteiger charge is -2.30. The second-order valence-corrected chi connectivity index (χ2v) is 4.16. The lowest BCUT2D eigenvalue weighted by molar-refractivity contribution is -0.136. The molecule has 0 amide bonds. The Labute approximate surface area is 97.2 Å². The van der Waals surface area contributed by atoms with Crippen LogP contribution in [0.5, 0.6) is 0 Å². The molecule has 1 aliphatic rings. The summed E-state index contributed by atoms with van der Waals surface area (Å²) in [5.41, 5.74) is 0.668. The molecule has 0 unspecified atom stereocenters. The Morgan fingerprint density at radius 2 is 2.12 bits per heavy atom. The fourth-order valence-corrected chi connectivity index (χ4v) is 1.80. The number of carbonyl (C=O) groups excluding carboxylic acids is 1. The van der Waals surface area contributed by atoms with Crippen LogP contribution in [0.25, 0.3) is 0 Å². The van der Waals surface area contributed by atoms with Crippen LogP contribution in [0.1, 0.15) is 19.8 Å². The summed E-state index contributed by atoms with van der Waals surface area (Å²) in [6, 6.07) is 0.565. The van der Waals surface area contributed by atoms with E-state index in [1.54, 1.807) is 6.92 Å². The molecule has 4 nitrogen and oxygen atoms in total. The smallest absolute Gasteiger partial charge is 0.333 e. The van der Waals surface area contributed by atoms with Crippen LogP contribution in [-0.2, 0) is 14.3 Å². The Kier molecular flexibility index (Phi) is 5.49. The molecule has 0 aromatic rings. The van der Waals surface area contributed by atoms with Crippen molar-refractivity contribution in [2.75, 3.05) is 33.9 Å². The molecule has 4 heteroatoms. The summed E-state index contributed by atoms with van der Waals surface area (Å²) in [7, 11) is 3.49. The fraction of sp³-hybridized carbons (Fsp3) is 0.750. The van der Waals surface area contributed by atoms with Crippen molar-refractivity contribution >= 4 is 5.97 Å². The lowest BCUT2D eigenvalue weighted by Crippen LogP contribution is -2.36. The summed E-state index contributed by atoms with van der Waals surface area (Å²) in [6.45, 7) is 4.25. The maximum atomic E-state index is 11.2. The highest BCUT2D eigenvalue weighted by molar-refractivity contribution is 5.87. The zero-order chi connectivity index (χ0) is 12.0. The van der Waals surface area contributed by atoms with Gasteiger partial charge in [0.05, 0.1) is 7.11 Å². The summed E-state index contributed by atoms with van der Waals surface area (Å²) >= 11 is 0. The molecule has 1 rings (SSSR count). The first-order chi connectivity index (χ1) is 7.65. The number of hydrogen-bond donors (Lipinski definition) is 0. The summed E-state index contributed by atoms with van der Waals surface area (Å²) < 4.78 is 9.96. The highest BCUT2D eigenvalue weighted by atomic mass is 16.5. The number of hydrogen-bond acceptors (Lipinski definition) is 4. The molecule has 0 saturated carbocycles. The van der Waals surface area contributed by atoms with Crippen LogP contribution in [0.3, 0.4) is 0 Å². The van der Waals surface area contributed by atoms with E-state index in [1.165, 1.54) is 7.11 Å². The van der Waals surface area contributed by atoms with E-state index in [0.717, 1.165) is 32.6 Å². The third kappa shape index (κ3) is 3.94. The van der Waals surface area contributed by atoms with Crippen LogP contribution in [0.2, 0.25) is 0 Å². The molecular weight excluding hydrogens is 206 g/mol. The Morgan fingerprint density at radius 3 is 2.69 bits per heavy atom. The Hall–Kier alpha value is -0.870. The number of methoxy groups -OCH3 is 1. The first-order valence-electron chi connectivity index (χ1n) is 5.68. The van der Waals surface area contributed by atoms with Gasteiger partial charge in [-0.1, -0.05) is 6.08 Å². The van der Waals surface area contributed by atoms with Gasteiger partial charge < -0.3 is 9.47 Å². The molecule has 0 spiro atoms. The largest absolute Gasteiger partial charge is 0.466 e. The van der Waals surface area contributed by atoms with Crippen LogP contribution in [-0.4, -0.2) is 50.8 Å². The van der Waals surface area contributed by atoms with Crippen molar-refractivity contribution in [3.63, 3.8) is 0 Å². The van der Waals surface area contributed by atoms with Crippen molar-refractivity contribution in [1.82, 2.24) is 4.90 Å². The predicted octanol–water partition coefficient (Wildman–Crippen LogP) is 1.22. The summed E-state index contributed by atoms with van der Waals surface area (Å²) in [5.74, 6) is -0.250. The van der Waals surface area contributed by atoms with E-state index in [4.69, 9.17) is 4.74 Å². The molecule has 0 aliphatic carbocycles. The van der Waals surface area contributed by atoms with E-state index >= 15 is 0 Å². The van der Waals surface area contributed by atoms with Gasteiger partial charge in [-0.15, -0.1) is 0 Å². The van der Waals surface area contributed by atoms with Gasteiger partial charge in [0.2, 0.25) is 0 Å². The summed E-state index contributed by atoms with van der Waals surface area (Å²) in [4.78, 5) is 13.4. The van der Waals surface area contributed by atoms with Crippen molar-refractivity contribution in [3.05, 3.63) is 11.6 Å². The van der Waals surface area contributed by atoms with Gasteiger partial charge in [-0.05, 0) is 26.8 Å². The van der Waals surface area contributed by atoms with Crippen molar-refractivity contribution in [3.8, 4) is 0 Å². The first-order valence-corrected chi connectivity index (χ1v) is 5.68. The average molecular weight is 227 g/mol. The average Bonchev–Trinajstić information content (AvgIpc) is 2.35. The normalized spacial score (nSPS) is 18.9. The highest BCUT2D eigenvalue weighted by Crippen LogP contribution is 2.12. The topological polar surface area (TPSA) is 38.8 Å². The van der Waals surface area contributed by atoms with Crippen molar-refractivity contribution < 1.29 is 14.3 Å². The minimum Gasteiger partial charge on any atom is -0.466 e. The second kappa shape index (κ2) is 6.66. The van der Waals surface area contributed by atoms with Gasteiger partial charge in [-0.2, -0.15) is 0 Å². The van der Waals surface area contributed by atoms with Gasteiger partial charge in [0.15, 0.2) is 0 Å². The van der Waals surface area contributed by atoms with E-state index < -0.39 is 0 Å². The second-order valence-electron chi connectivity index (χ2n) is 4.16. The van der Waals surface area contributed by atoms with Crippen LogP contribution < -0.4 is 0 Å². The van der Waals surface area contributed by atoms with Crippen LogP contribution >= 0.6 is 0 Å². The van der Waals surface area contributed by atoms with Gasteiger partial charge >= 0.3 is 5.97 Å². The Morgan fingerprint density at radius 1 is 1.50 bits per heavy atom. The van der Waals surface area contributed by atoms with Crippen LogP contribution in [0.15, 0.2) is 11.6 Å². The molecule has 0 N–H and O–H groups in total. The van der Waals surface area contributed by atoms with Crippen molar-refractivity contribution in [2.24, 2.45) is 0 Å². The molecule has 16 heavy (non-hydrogen) atoms. The summed E-state index contributed by atoms with van der Waals surface area (Å²) in [6.07, 6.45) is 4.06. The Balaban J connectivity index is 2.38. The van der Waals surface area contributed by atoms with E-state index in [0.29, 0.717) is 11.6 Å². The van der Waals surface area contributed by atoms with Crippen molar-refractivity contribution in [1.29, 1.82) is 0 Å². The number of likely N-dealkylation sites (N-methyl/N-ethyl adjacent to an activating group) is 1. The molecule has 1 aliphatic heterocycles. The van der Waals surface area contributed by atoms with Gasteiger partial charge in [0.1, 0.15) is 0 Å². The molecule has 1 fully saturated rings. The van der Waals surface area contributed by atoms with E-state index in [2.05, 4.69) is 16.7 Å².